The number of hydrogen-bond acceptors (Lipinski definition) is 5. The van der Waals surface area contributed by atoms with Crippen molar-refractivity contribution >= 4 is 23.0 Å². The molecule has 9 rings (SSSR count). The molecule has 0 saturated heterocycles. The minimum absolute atomic E-state index is 0.227. The predicted molar refractivity (Wildman–Crippen MR) is 253 cm³/mol. The first-order valence-electron chi connectivity index (χ1n) is 21.0. The lowest BCUT2D eigenvalue weighted by molar-refractivity contribution is 0.338. The van der Waals surface area contributed by atoms with Crippen molar-refractivity contribution in [1.82, 2.24) is 4.98 Å². The molecule has 0 fully saturated rings. The van der Waals surface area contributed by atoms with Gasteiger partial charge in [0, 0.05) is 33.6 Å². The van der Waals surface area contributed by atoms with Gasteiger partial charge in [0.25, 0.3) is 0 Å². The average Bonchev–Trinajstić information content (AvgIpc) is 3.59. The number of hydrogen-bond donors (Lipinski definition) is 0. The monoisotopic (exact) mass is 783 g/mol. The molecule has 0 spiro atoms. The van der Waals surface area contributed by atoms with Gasteiger partial charge in [0.05, 0.1) is 33.5 Å². The van der Waals surface area contributed by atoms with Crippen molar-refractivity contribution in [1.29, 1.82) is 0 Å². The van der Waals surface area contributed by atoms with Crippen molar-refractivity contribution in [3.8, 4) is 44.8 Å². The van der Waals surface area contributed by atoms with Crippen LogP contribution in [0.1, 0.15) is 66.5 Å². The van der Waals surface area contributed by atoms with Crippen molar-refractivity contribution in [2.24, 2.45) is 9.98 Å². The predicted octanol–water partition coefficient (Wildman–Crippen LogP) is 13.4. The van der Waals surface area contributed by atoms with Gasteiger partial charge in [0.2, 0.25) is 0 Å². The lowest BCUT2D eigenvalue weighted by atomic mass is 9.83. The number of anilines is 2. The highest BCUT2D eigenvalue weighted by molar-refractivity contribution is 6.14. The van der Waals surface area contributed by atoms with E-state index in [4.69, 9.17) is 15.0 Å². The fourth-order valence-corrected chi connectivity index (χ4v) is 8.47. The number of benzene rings is 6. The van der Waals surface area contributed by atoms with Crippen LogP contribution in [0.2, 0.25) is 0 Å². The van der Waals surface area contributed by atoms with Gasteiger partial charge < -0.3 is 9.80 Å². The first-order valence-corrected chi connectivity index (χ1v) is 21.0. The standard InChI is InChI=1S/C55H53N5/c1-52(2)54(5,6)59(46-20-14-10-15-21-46)50(57-52)43-32-28-41(29-33-43)48-36-45(40-26-24-39(25-27-40)38-18-12-9-13-19-38)37-49(56-48)42-30-34-44(35-31-42)51-58-53(3,4)55(7,8)60(51)47-22-16-11-17-23-47/h9-37H,1-8H3. The number of aliphatic imine (C=N–C) groups is 2. The molecule has 0 bridgehead atoms. The Labute approximate surface area is 355 Å². The van der Waals surface area contributed by atoms with E-state index in [-0.39, 0.29) is 22.2 Å². The average molecular weight is 784 g/mol. The molecule has 0 saturated carbocycles. The van der Waals surface area contributed by atoms with E-state index in [1.165, 1.54) is 11.1 Å². The van der Waals surface area contributed by atoms with Gasteiger partial charge >= 0.3 is 0 Å². The fourth-order valence-electron chi connectivity index (χ4n) is 8.47. The first kappa shape index (κ1) is 38.9. The van der Waals surface area contributed by atoms with Crippen LogP contribution in [0.4, 0.5) is 11.4 Å². The largest absolute Gasteiger partial charge is 0.318 e. The summed E-state index contributed by atoms with van der Waals surface area (Å²) in [6.07, 6.45) is 0. The van der Waals surface area contributed by atoms with Crippen LogP contribution in [0, 0.1) is 0 Å². The summed E-state index contributed by atoms with van der Waals surface area (Å²) in [7, 11) is 0. The number of para-hydroxylation sites is 2. The van der Waals surface area contributed by atoms with Crippen LogP contribution in [0.3, 0.4) is 0 Å². The van der Waals surface area contributed by atoms with Crippen molar-refractivity contribution < 1.29 is 0 Å². The van der Waals surface area contributed by atoms with Gasteiger partial charge in [0.15, 0.2) is 0 Å². The molecule has 5 heteroatoms. The number of rotatable bonds is 8. The minimum atomic E-state index is -0.288. The second kappa shape index (κ2) is 14.6. The Bertz CT molecular complexity index is 2560. The Morgan fingerprint density at radius 1 is 0.317 bits per heavy atom. The molecule has 7 aromatic rings. The molecule has 2 aliphatic rings. The molecule has 1 aromatic heterocycles. The lowest BCUT2D eigenvalue weighted by Crippen LogP contribution is -2.53. The molecule has 0 atom stereocenters. The van der Waals surface area contributed by atoms with E-state index in [1.54, 1.807) is 0 Å². The van der Waals surface area contributed by atoms with Crippen LogP contribution < -0.4 is 9.80 Å². The topological polar surface area (TPSA) is 44.1 Å². The Balaban J connectivity index is 1.10. The maximum Gasteiger partial charge on any atom is 0.136 e. The van der Waals surface area contributed by atoms with E-state index in [2.05, 4.69) is 241 Å². The maximum absolute atomic E-state index is 5.36. The quantitative estimate of drug-likeness (QED) is 0.154. The van der Waals surface area contributed by atoms with E-state index in [0.29, 0.717) is 0 Å². The number of aromatic nitrogens is 1. The summed E-state index contributed by atoms with van der Waals surface area (Å²) in [4.78, 5) is 20.8. The van der Waals surface area contributed by atoms with Crippen LogP contribution in [-0.2, 0) is 0 Å². The lowest BCUT2D eigenvalue weighted by Gasteiger charge is -2.41. The van der Waals surface area contributed by atoms with Crippen molar-refractivity contribution in [3.05, 3.63) is 187 Å². The van der Waals surface area contributed by atoms with Gasteiger partial charge in [-0.1, -0.05) is 140 Å². The highest BCUT2D eigenvalue weighted by Gasteiger charge is 2.50. The van der Waals surface area contributed by atoms with Gasteiger partial charge in [-0.2, -0.15) is 0 Å². The summed E-state index contributed by atoms with van der Waals surface area (Å²) in [5.74, 6) is 1.96. The summed E-state index contributed by atoms with van der Waals surface area (Å²) >= 11 is 0. The zero-order valence-electron chi connectivity index (χ0n) is 36.0. The minimum Gasteiger partial charge on any atom is -0.318 e. The van der Waals surface area contributed by atoms with Gasteiger partial charge in [-0.15, -0.1) is 0 Å². The molecule has 0 unspecified atom stereocenters. The first-order chi connectivity index (χ1) is 28.7. The SMILES string of the molecule is CC1(C)N=C(c2ccc(-c3cc(-c4ccc(-c5ccccc5)cc4)cc(-c4ccc(C5=NC(C)(C)C(C)(C)N5c5ccccc5)cc4)n3)cc2)N(c2ccccc2)C1(C)C. The van der Waals surface area contributed by atoms with Crippen molar-refractivity contribution in [2.45, 2.75) is 77.5 Å². The molecule has 3 heterocycles. The summed E-state index contributed by atoms with van der Waals surface area (Å²) in [6, 6.07) is 62.6. The summed E-state index contributed by atoms with van der Waals surface area (Å²) in [5.41, 5.74) is 12.0. The Kier molecular flexibility index (Phi) is 9.47. The fraction of sp³-hybridized carbons (Fsp3) is 0.218. The smallest absolute Gasteiger partial charge is 0.136 e. The molecule has 5 nitrogen and oxygen atoms in total. The summed E-state index contributed by atoms with van der Waals surface area (Å²) < 4.78 is 0. The zero-order chi connectivity index (χ0) is 41.9. The molecular weight excluding hydrogens is 731 g/mol. The van der Waals surface area contributed by atoms with Gasteiger partial charge in [-0.3, -0.25) is 9.98 Å². The number of nitrogens with zero attached hydrogens (tertiary/aromatic N) is 5. The van der Waals surface area contributed by atoms with Crippen LogP contribution in [0.5, 0.6) is 0 Å². The Morgan fingerprint density at radius 3 is 1.00 bits per heavy atom. The van der Waals surface area contributed by atoms with E-state index in [9.17, 15) is 0 Å². The molecule has 2 aliphatic heterocycles. The number of pyridine rings is 1. The molecule has 0 N–H and O–H groups in total. The second-order valence-electron chi connectivity index (χ2n) is 18.2. The molecule has 6 aromatic carbocycles. The third-order valence-electron chi connectivity index (χ3n) is 13.4. The van der Waals surface area contributed by atoms with Gasteiger partial charge in [0.1, 0.15) is 11.7 Å². The third-order valence-corrected chi connectivity index (χ3v) is 13.4. The van der Waals surface area contributed by atoms with Crippen LogP contribution in [-0.4, -0.2) is 38.8 Å². The van der Waals surface area contributed by atoms with Crippen LogP contribution >= 0.6 is 0 Å². The van der Waals surface area contributed by atoms with Crippen LogP contribution in [0.25, 0.3) is 44.8 Å². The zero-order valence-corrected chi connectivity index (χ0v) is 36.0. The molecule has 0 radical (unpaired) electrons. The van der Waals surface area contributed by atoms with E-state index in [0.717, 1.165) is 67.8 Å². The molecule has 60 heavy (non-hydrogen) atoms. The van der Waals surface area contributed by atoms with Crippen molar-refractivity contribution in [2.75, 3.05) is 9.80 Å². The van der Waals surface area contributed by atoms with Crippen molar-refractivity contribution in [3.63, 3.8) is 0 Å². The molecule has 298 valence electrons. The number of amidine groups is 2. The maximum atomic E-state index is 5.36. The second-order valence-corrected chi connectivity index (χ2v) is 18.2. The Morgan fingerprint density at radius 2 is 0.617 bits per heavy atom. The normalized spacial score (nSPS) is 17.3. The van der Waals surface area contributed by atoms with Crippen LogP contribution in [0.15, 0.2) is 186 Å². The van der Waals surface area contributed by atoms with E-state index >= 15 is 0 Å². The van der Waals surface area contributed by atoms with E-state index in [1.807, 2.05) is 0 Å². The molecule has 0 amide bonds. The third kappa shape index (κ3) is 6.72. The van der Waals surface area contributed by atoms with Gasteiger partial charge in [-0.25, -0.2) is 4.98 Å². The van der Waals surface area contributed by atoms with E-state index < -0.39 is 0 Å². The summed E-state index contributed by atoms with van der Waals surface area (Å²) in [6.45, 7) is 18.0. The highest BCUT2D eigenvalue weighted by Crippen LogP contribution is 2.44. The molecule has 0 aliphatic carbocycles. The summed E-state index contributed by atoms with van der Waals surface area (Å²) in [5, 5.41) is 0. The Hall–Kier alpha value is -6.59. The highest BCUT2D eigenvalue weighted by atomic mass is 15.3. The molecular formula is C55H53N5. The van der Waals surface area contributed by atoms with Gasteiger partial charge in [-0.05, 0) is 114 Å².